The van der Waals surface area contributed by atoms with Gasteiger partial charge in [0.1, 0.15) is 5.82 Å². The molecule has 0 aliphatic heterocycles. The van der Waals surface area contributed by atoms with Gasteiger partial charge in [0, 0.05) is 7.11 Å². The van der Waals surface area contributed by atoms with Crippen LogP contribution in [0.4, 0.5) is 4.39 Å². The van der Waals surface area contributed by atoms with Gasteiger partial charge >= 0.3 is 5.97 Å². The molecule has 4 nitrogen and oxygen atoms in total. The van der Waals surface area contributed by atoms with E-state index < -0.39 is 0 Å². The lowest BCUT2D eigenvalue weighted by Crippen LogP contribution is -2.19. The van der Waals surface area contributed by atoms with Gasteiger partial charge in [0.05, 0.1) is 32.3 Å². The number of carbonyl (C=O) groups is 1. The molecule has 5 heteroatoms. The number of halogens is 1. The fraction of sp³-hybridized carbons (Fsp3) is 0.348. The zero-order valence-corrected chi connectivity index (χ0v) is 16.3. The molecule has 0 bridgehead atoms. The Morgan fingerprint density at radius 3 is 2.39 bits per heavy atom. The van der Waals surface area contributed by atoms with Gasteiger partial charge in [0.2, 0.25) is 0 Å². The van der Waals surface area contributed by atoms with E-state index in [-0.39, 0.29) is 23.8 Å². The lowest BCUT2D eigenvalue weighted by Gasteiger charge is -2.20. The van der Waals surface area contributed by atoms with E-state index in [0.717, 1.165) is 11.1 Å². The van der Waals surface area contributed by atoms with E-state index in [1.54, 1.807) is 19.2 Å². The largest absolute Gasteiger partial charge is 0.469 e. The number of benzene rings is 2. The maximum atomic E-state index is 13.1. The first kappa shape index (κ1) is 21.8. The summed E-state index contributed by atoms with van der Waals surface area (Å²) in [5, 5.41) is 0. The quantitative estimate of drug-likeness (QED) is 0.314. The average molecular weight is 386 g/mol. The predicted molar refractivity (Wildman–Crippen MR) is 106 cm³/mol. The fourth-order valence-corrected chi connectivity index (χ4v) is 2.91. The molecular weight excluding hydrogens is 359 g/mol. The van der Waals surface area contributed by atoms with Crippen molar-refractivity contribution in [3.63, 3.8) is 0 Å². The van der Waals surface area contributed by atoms with Crippen molar-refractivity contribution in [3.8, 4) is 0 Å². The van der Waals surface area contributed by atoms with Crippen LogP contribution < -0.4 is 0 Å². The Kier molecular flexibility index (Phi) is 9.39. The summed E-state index contributed by atoms with van der Waals surface area (Å²) in [7, 11) is 2.96. The Hall–Kier alpha value is -2.50. The van der Waals surface area contributed by atoms with Crippen molar-refractivity contribution in [1.82, 2.24) is 0 Å². The first-order chi connectivity index (χ1) is 13.6. The molecule has 2 unspecified atom stereocenters. The van der Waals surface area contributed by atoms with Crippen LogP contribution in [0, 0.1) is 11.7 Å². The summed E-state index contributed by atoms with van der Waals surface area (Å²) in [5.41, 5.74) is 1.94. The molecule has 28 heavy (non-hydrogen) atoms. The number of ether oxygens (including phenoxy) is 3. The van der Waals surface area contributed by atoms with E-state index in [1.165, 1.54) is 19.2 Å². The SMILES string of the molecule is COC(=O)C(C/C=C\COCc1ccccc1)CC(OC)c1ccc(F)cc1. The molecule has 0 aliphatic carbocycles. The molecule has 0 saturated heterocycles. The van der Waals surface area contributed by atoms with E-state index in [2.05, 4.69) is 0 Å². The van der Waals surface area contributed by atoms with Gasteiger partial charge in [-0.3, -0.25) is 4.79 Å². The Labute approximate surface area is 165 Å². The molecular formula is C23H27FO4. The van der Waals surface area contributed by atoms with Crippen molar-refractivity contribution >= 4 is 5.97 Å². The Morgan fingerprint density at radius 1 is 1.04 bits per heavy atom. The molecule has 0 aromatic heterocycles. The first-order valence-electron chi connectivity index (χ1n) is 9.26. The van der Waals surface area contributed by atoms with Crippen molar-refractivity contribution < 1.29 is 23.4 Å². The third-order valence-electron chi connectivity index (χ3n) is 4.47. The Bertz CT molecular complexity index is 728. The second kappa shape index (κ2) is 12.1. The smallest absolute Gasteiger partial charge is 0.309 e. The zero-order chi connectivity index (χ0) is 20.2. The molecule has 0 saturated carbocycles. The van der Waals surface area contributed by atoms with Crippen LogP contribution >= 0.6 is 0 Å². The van der Waals surface area contributed by atoms with Crippen molar-refractivity contribution in [2.45, 2.75) is 25.6 Å². The van der Waals surface area contributed by atoms with Crippen LogP contribution in [0.15, 0.2) is 66.7 Å². The lowest BCUT2D eigenvalue weighted by atomic mass is 9.94. The second-order valence-electron chi connectivity index (χ2n) is 6.44. The second-order valence-corrected chi connectivity index (χ2v) is 6.44. The number of hydrogen-bond acceptors (Lipinski definition) is 4. The fourth-order valence-electron chi connectivity index (χ4n) is 2.91. The van der Waals surface area contributed by atoms with Crippen LogP contribution in [0.2, 0.25) is 0 Å². The molecule has 0 fully saturated rings. The van der Waals surface area contributed by atoms with Gasteiger partial charge in [-0.05, 0) is 36.1 Å². The van der Waals surface area contributed by atoms with Crippen LogP contribution in [0.5, 0.6) is 0 Å². The number of hydrogen-bond donors (Lipinski definition) is 0. The minimum Gasteiger partial charge on any atom is -0.469 e. The Morgan fingerprint density at radius 2 is 1.75 bits per heavy atom. The molecule has 2 rings (SSSR count). The van der Waals surface area contributed by atoms with Gasteiger partial charge in [-0.2, -0.15) is 0 Å². The van der Waals surface area contributed by atoms with Crippen LogP contribution in [0.25, 0.3) is 0 Å². The highest BCUT2D eigenvalue weighted by atomic mass is 19.1. The van der Waals surface area contributed by atoms with Crippen molar-refractivity contribution in [2.24, 2.45) is 5.92 Å². The maximum absolute atomic E-state index is 13.1. The standard InChI is InChI=1S/C23H27FO4/c1-26-22(19-11-13-21(24)14-12-19)16-20(23(25)27-2)10-6-7-15-28-17-18-8-4-3-5-9-18/h3-9,11-14,20,22H,10,15-17H2,1-2H3/b7-6-. The van der Waals surface area contributed by atoms with Gasteiger partial charge in [0.15, 0.2) is 0 Å². The molecule has 0 heterocycles. The third-order valence-corrected chi connectivity index (χ3v) is 4.47. The molecule has 0 amide bonds. The number of methoxy groups -OCH3 is 2. The highest BCUT2D eigenvalue weighted by Gasteiger charge is 2.24. The average Bonchev–Trinajstić information content (AvgIpc) is 2.73. The van der Waals surface area contributed by atoms with Crippen LogP contribution in [0.1, 0.15) is 30.1 Å². The highest BCUT2D eigenvalue weighted by Crippen LogP contribution is 2.27. The van der Waals surface area contributed by atoms with E-state index in [4.69, 9.17) is 14.2 Å². The lowest BCUT2D eigenvalue weighted by molar-refractivity contribution is -0.146. The van der Waals surface area contributed by atoms with E-state index in [0.29, 0.717) is 26.1 Å². The van der Waals surface area contributed by atoms with Gasteiger partial charge in [-0.25, -0.2) is 4.39 Å². The van der Waals surface area contributed by atoms with E-state index in [1.807, 2.05) is 42.5 Å². The summed E-state index contributed by atoms with van der Waals surface area (Å²) in [6, 6.07) is 16.1. The number of allylic oxidation sites excluding steroid dienone is 1. The van der Waals surface area contributed by atoms with Gasteiger partial charge < -0.3 is 14.2 Å². The van der Waals surface area contributed by atoms with E-state index >= 15 is 0 Å². The first-order valence-corrected chi connectivity index (χ1v) is 9.26. The third kappa shape index (κ3) is 7.25. The van der Waals surface area contributed by atoms with Crippen LogP contribution in [0.3, 0.4) is 0 Å². The minimum atomic E-state index is -0.356. The van der Waals surface area contributed by atoms with Gasteiger partial charge in [0.25, 0.3) is 0 Å². The molecule has 2 atom stereocenters. The number of rotatable bonds is 11. The van der Waals surface area contributed by atoms with E-state index in [9.17, 15) is 9.18 Å². The molecule has 0 aliphatic rings. The number of carbonyl (C=O) groups excluding carboxylic acids is 1. The topological polar surface area (TPSA) is 44.8 Å². The Balaban J connectivity index is 1.86. The highest BCUT2D eigenvalue weighted by molar-refractivity contribution is 5.72. The molecule has 0 N–H and O–H groups in total. The van der Waals surface area contributed by atoms with Crippen LogP contribution in [-0.4, -0.2) is 26.8 Å². The predicted octanol–water partition coefficient (Wildman–Crippen LogP) is 4.86. The molecule has 0 radical (unpaired) electrons. The number of esters is 1. The molecule has 2 aromatic carbocycles. The summed E-state index contributed by atoms with van der Waals surface area (Å²) in [5.74, 6) is -0.953. The summed E-state index contributed by atoms with van der Waals surface area (Å²) in [4.78, 5) is 12.2. The molecule has 2 aromatic rings. The summed E-state index contributed by atoms with van der Waals surface area (Å²) in [6.45, 7) is 1.01. The zero-order valence-electron chi connectivity index (χ0n) is 16.3. The van der Waals surface area contributed by atoms with Crippen molar-refractivity contribution in [1.29, 1.82) is 0 Å². The van der Waals surface area contributed by atoms with Gasteiger partial charge in [-0.1, -0.05) is 54.6 Å². The summed E-state index contributed by atoms with van der Waals surface area (Å²) in [6.07, 6.45) is 4.47. The minimum absolute atomic E-state index is 0.293. The van der Waals surface area contributed by atoms with Crippen LogP contribution in [-0.2, 0) is 25.6 Å². The van der Waals surface area contributed by atoms with Gasteiger partial charge in [-0.15, -0.1) is 0 Å². The monoisotopic (exact) mass is 386 g/mol. The summed E-state index contributed by atoms with van der Waals surface area (Å²) >= 11 is 0. The molecule has 150 valence electrons. The summed E-state index contributed by atoms with van der Waals surface area (Å²) < 4.78 is 29.2. The molecule has 0 spiro atoms. The van der Waals surface area contributed by atoms with Crippen molar-refractivity contribution in [3.05, 3.63) is 83.7 Å². The normalized spacial score (nSPS) is 13.4. The van der Waals surface area contributed by atoms with Crippen molar-refractivity contribution in [2.75, 3.05) is 20.8 Å². The maximum Gasteiger partial charge on any atom is 0.309 e.